The van der Waals surface area contributed by atoms with Crippen molar-refractivity contribution >= 4 is 29.3 Å². The maximum Gasteiger partial charge on any atom is 0.407 e. The molecule has 0 radical (unpaired) electrons. The van der Waals surface area contributed by atoms with Crippen LogP contribution in [0, 0.1) is 0 Å². The van der Waals surface area contributed by atoms with E-state index in [2.05, 4.69) is 15.4 Å². The van der Waals surface area contributed by atoms with Crippen molar-refractivity contribution in [1.29, 1.82) is 0 Å². The molecule has 0 unspecified atom stereocenters. The average molecular weight is 320 g/mol. The number of rotatable bonds is 4. The Kier molecular flexibility index (Phi) is 5.40. The van der Waals surface area contributed by atoms with Gasteiger partial charge in [-0.25, -0.2) is 4.79 Å². The van der Waals surface area contributed by atoms with E-state index in [-0.39, 0.29) is 18.4 Å². The van der Waals surface area contributed by atoms with E-state index in [4.69, 9.17) is 5.73 Å². The molecule has 1 aromatic rings. The van der Waals surface area contributed by atoms with Gasteiger partial charge in [0, 0.05) is 6.54 Å². The van der Waals surface area contributed by atoms with Gasteiger partial charge in [0.25, 0.3) is 0 Å². The first-order valence-corrected chi connectivity index (χ1v) is 7.29. The number of methoxy groups -OCH3 is 1. The van der Waals surface area contributed by atoms with Crippen LogP contribution in [0.1, 0.15) is 12.8 Å². The SMILES string of the molecule is COC(=O)NCC(=O)N1CCC[C@H]1C(=O)Nc1ccccc1N. The number of hydrogen-bond acceptors (Lipinski definition) is 5. The summed E-state index contributed by atoms with van der Waals surface area (Å²) in [6, 6.07) is 6.36. The number of carbonyl (C=O) groups is 3. The zero-order valence-corrected chi connectivity index (χ0v) is 12.9. The lowest BCUT2D eigenvalue weighted by molar-refractivity contribution is -0.135. The maximum atomic E-state index is 12.4. The van der Waals surface area contributed by atoms with Crippen LogP contribution in [0.4, 0.5) is 16.2 Å². The Hall–Kier alpha value is -2.77. The third-order valence-corrected chi connectivity index (χ3v) is 3.66. The lowest BCUT2D eigenvalue weighted by Crippen LogP contribution is -2.47. The molecule has 0 bridgehead atoms. The number of nitrogens with one attached hydrogen (secondary N) is 2. The summed E-state index contributed by atoms with van der Waals surface area (Å²) in [5.74, 6) is -0.610. The van der Waals surface area contributed by atoms with Crippen LogP contribution in [-0.2, 0) is 14.3 Å². The summed E-state index contributed by atoms with van der Waals surface area (Å²) in [6.45, 7) is 0.272. The fourth-order valence-corrected chi connectivity index (χ4v) is 2.49. The van der Waals surface area contributed by atoms with Gasteiger partial charge in [0.1, 0.15) is 12.6 Å². The smallest absolute Gasteiger partial charge is 0.407 e. The molecule has 4 N–H and O–H groups in total. The van der Waals surface area contributed by atoms with E-state index in [9.17, 15) is 14.4 Å². The summed E-state index contributed by atoms with van der Waals surface area (Å²) >= 11 is 0. The van der Waals surface area contributed by atoms with Gasteiger partial charge in [0.2, 0.25) is 11.8 Å². The standard InChI is InChI=1S/C15H20N4O4/c1-23-15(22)17-9-13(20)19-8-4-7-12(19)14(21)18-11-6-3-2-5-10(11)16/h2-3,5-6,12H,4,7-9,16H2,1H3,(H,17,22)(H,18,21)/t12-/m0/s1. The number of ether oxygens (including phenoxy) is 1. The molecule has 1 heterocycles. The second-order valence-corrected chi connectivity index (χ2v) is 5.17. The number of amides is 3. The summed E-state index contributed by atoms with van der Waals surface area (Å²) in [7, 11) is 1.22. The van der Waals surface area contributed by atoms with Crippen LogP contribution in [0.15, 0.2) is 24.3 Å². The lowest BCUT2D eigenvalue weighted by atomic mass is 10.2. The largest absolute Gasteiger partial charge is 0.453 e. The highest BCUT2D eigenvalue weighted by atomic mass is 16.5. The minimum atomic E-state index is -0.685. The number of nitrogens with zero attached hydrogens (tertiary/aromatic N) is 1. The first-order chi connectivity index (χ1) is 11.0. The normalized spacial score (nSPS) is 16.7. The Morgan fingerprint density at radius 2 is 2.09 bits per heavy atom. The van der Waals surface area contributed by atoms with Gasteiger partial charge in [-0.15, -0.1) is 0 Å². The number of nitrogen functional groups attached to an aromatic ring is 1. The summed E-state index contributed by atoms with van der Waals surface area (Å²) < 4.78 is 4.42. The Bertz CT molecular complexity index is 605. The highest BCUT2D eigenvalue weighted by molar-refractivity contribution is 5.99. The summed E-state index contributed by atoms with van der Waals surface area (Å²) in [5.41, 5.74) is 6.78. The second kappa shape index (κ2) is 7.48. The molecule has 0 aromatic heterocycles. The molecular formula is C15H20N4O4. The van der Waals surface area contributed by atoms with E-state index >= 15 is 0 Å². The van der Waals surface area contributed by atoms with Gasteiger partial charge in [-0.3, -0.25) is 9.59 Å². The fraction of sp³-hybridized carbons (Fsp3) is 0.400. The molecule has 1 saturated heterocycles. The molecule has 1 aromatic carbocycles. The number of likely N-dealkylation sites (tertiary alicyclic amines) is 1. The Morgan fingerprint density at radius 3 is 2.78 bits per heavy atom. The first kappa shape index (κ1) is 16.6. The molecule has 1 fully saturated rings. The molecule has 8 nitrogen and oxygen atoms in total. The van der Waals surface area contributed by atoms with Crippen molar-refractivity contribution < 1.29 is 19.1 Å². The van der Waals surface area contributed by atoms with E-state index < -0.39 is 12.1 Å². The van der Waals surface area contributed by atoms with Gasteiger partial charge in [-0.1, -0.05) is 12.1 Å². The number of alkyl carbamates (subject to hydrolysis) is 1. The molecule has 3 amide bonds. The van der Waals surface area contributed by atoms with Crippen LogP contribution in [-0.4, -0.2) is 49.0 Å². The molecule has 1 aliphatic rings. The third-order valence-electron chi connectivity index (χ3n) is 3.66. The van der Waals surface area contributed by atoms with Crippen molar-refractivity contribution in [1.82, 2.24) is 10.2 Å². The van der Waals surface area contributed by atoms with Crippen LogP contribution in [0.5, 0.6) is 0 Å². The third kappa shape index (κ3) is 4.12. The van der Waals surface area contributed by atoms with Crippen molar-refractivity contribution in [2.45, 2.75) is 18.9 Å². The molecule has 23 heavy (non-hydrogen) atoms. The zero-order chi connectivity index (χ0) is 16.8. The van der Waals surface area contributed by atoms with Crippen LogP contribution in [0.3, 0.4) is 0 Å². The Labute approximate surface area is 134 Å². The highest BCUT2D eigenvalue weighted by Gasteiger charge is 2.34. The summed E-state index contributed by atoms with van der Waals surface area (Å²) in [4.78, 5) is 37.0. The Morgan fingerprint density at radius 1 is 1.35 bits per heavy atom. The van der Waals surface area contributed by atoms with Gasteiger partial charge in [0.05, 0.1) is 18.5 Å². The quantitative estimate of drug-likeness (QED) is 0.701. The number of para-hydroxylation sites is 2. The van der Waals surface area contributed by atoms with E-state index in [1.165, 1.54) is 12.0 Å². The number of hydrogen-bond donors (Lipinski definition) is 3. The lowest BCUT2D eigenvalue weighted by Gasteiger charge is -2.24. The molecule has 124 valence electrons. The minimum Gasteiger partial charge on any atom is -0.453 e. The molecule has 0 saturated carbocycles. The first-order valence-electron chi connectivity index (χ1n) is 7.29. The highest BCUT2D eigenvalue weighted by Crippen LogP contribution is 2.22. The molecule has 1 atom stereocenters. The van der Waals surface area contributed by atoms with Crippen molar-refractivity contribution in [2.24, 2.45) is 0 Å². The molecule has 2 rings (SSSR count). The topological polar surface area (TPSA) is 114 Å². The van der Waals surface area contributed by atoms with Crippen molar-refractivity contribution in [3.8, 4) is 0 Å². The Balaban J connectivity index is 1.97. The van der Waals surface area contributed by atoms with Crippen molar-refractivity contribution in [2.75, 3.05) is 31.2 Å². The predicted molar refractivity (Wildman–Crippen MR) is 84.6 cm³/mol. The molecule has 0 spiro atoms. The maximum absolute atomic E-state index is 12.4. The van der Waals surface area contributed by atoms with Crippen LogP contribution in [0.2, 0.25) is 0 Å². The summed E-state index contributed by atoms with van der Waals surface area (Å²) in [5, 5.41) is 5.07. The molecule has 8 heteroatoms. The summed E-state index contributed by atoms with van der Waals surface area (Å²) in [6.07, 6.45) is 0.616. The van der Waals surface area contributed by atoms with Crippen LogP contribution < -0.4 is 16.4 Å². The number of anilines is 2. The van der Waals surface area contributed by atoms with Crippen molar-refractivity contribution in [3.05, 3.63) is 24.3 Å². The number of benzene rings is 1. The van der Waals surface area contributed by atoms with Gasteiger partial charge < -0.3 is 26.0 Å². The van der Waals surface area contributed by atoms with Crippen molar-refractivity contribution in [3.63, 3.8) is 0 Å². The minimum absolute atomic E-state index is 0.204. The second-order valence-electron chi connectivity index (χ2n) is 5.17. The monoisotopic (exact) mass is 320 g/mol. The van der Waals surface area contributed by atoms with Crippen LogP contribution in [0.25, 0.3) is 0 Å². The average Bonchev–Trinajstić information content (AvgIpc) is 3.04. The van der Waals surface area contributed by atoms with Gasteiger partial charge >= 0.3 is 6.09 Å². The van der Waals surface area contributed by atoms with Gasteiger partial charge in [-0.2, -0.15) is 0 Å². The van der Waals surface area contributed by atoms with Gasteiger partial charge in [-0.05, 0) is 25.0 Å². The zero-order valence-electron chi connectivity index (χ0n) is 12.9. The van der Waals surface area contributed by atoms with E-state index in [1.807, 2.05) is 0 Å². The molecule has 0 aliphatic carbocycles. The predicted octanol–water partition coefficient (Wildman–Crippen LogP) is 0.554. The van der Waals surface area contributed by atoms with Gasteiger partial charge in [0.15, 0.2) is 0 Å². The fourth-order valence-electron chi connectivity index (χ4n) is 2.49. The molecular weight excluding hydrogens is 300 g/mol. The van der Waals surface area contributed by atoms with E-state index in [0.717, 1.165) is 6.42 Å². The van der Waals surface area contributed by atoms with Crippen LogP contribution >= 0.6 is 0 Å². The number of nitrogens with two attached hydrogens (primary N) is 1. The molecule has 1 aliphatic heterocycles. The van der Waals surface area contributed by atoms with E-state index in [1.54, 1.807) is 24.3 Å². The van der Waals surface area contributed by atoms with E-state index in [0.29, 0.717) is 24.3 Å². The number of carbonyl (C=O) groups excluding carboxylic acids is 3.